The average molecular weight is 354 g/mol. The zero-order valence-electron chi connectivity index (χ0n) is 16.1. The van der Waals surface area contributed by atoms with Gasteiger partial charge in [0.05, 0.1) is 12.1 Å². The van der Waals surface area contributed by atoms with Gasteiger partial charge >= 0.3 is 0 Å². The van der Waals surface area contributed by atoms with Crippen LogP contribution in [0.25, 0.3) is 0 Å². The molecule has 0 aliphatic carbocycles. The van der Waals surface area contributed by atoms with Crippen molar-refractivity contribution in [2.24, 2.45) is 11.3 Å². The summed E-state index contributed by atoms with van der Waals surface area (Å²) in [7, 11) is 0. The molecule has 136 valence electrons. The van der Waals surface area contributed by atoms with E-state index in [-0.39, 0.29) is 11.8 Å². The third kappa shape index (κ3) is 4.96. The van der Waals surface area contributed by atoms with Crippen molar-refractivity contribution in [3.05, 3.63) is 96.1 Å². The molecule has 0 aromatic heterocycles. The van der Waals surface area contributed by atoms with Crippen LogP contribution in [0.2, 0.25) is 0 Å². The molecule has 2 unspecified atom stereocenters. The Morgan fingerprint density at radius 3 is 2.11 bits per heavy atom. The lowest BCUT2D eigenvalue weighted by Gasteiger charge is -2.33. The van der Waals surface area contributed by atoms with Crippen LogP contribution in [-0.4, -0.2) is 0 Å². The molecule has 0 amide bonds. The Kier molecular flexibility index (Phi) is 7.16. The van der Waals surface area contributed by atoms with Gasteiger partial charge in [-0.05, 0) is 30.9 Å². The molecule has 2 heteroatoms. The second-order valence-corrected chi connectivity index (χ2v) is 7.12. The largest absolute Gasteiger partial charge is 0.197 e. The Morgan fingerprint density at radius 2 is 1.59 bits per heavy atom. The van der Waals surface area contributed by atoms with Gasteiger partial charge in [-0.25, -0.2) is 0 Å². The number of rotatable bonds is 8. The molecule has 0 radical (unpaired) electrons. The Hall–Kier alpha value is -3.10. The molecular formula is C25H26N2. The summed E-state index contributed by atoms with van der Waals surface area (Å²) in [6.45, 7) is 7.94. The molecule has 0 bridgehead atoms. The van der Waals surface area contributed by atoms with Gasteiger partial charge in [0.1, 0.15) is 0 Å². The number of nitrogens with zero attached hydrogens (tertiary/aromatic N) is 2. The maximum atomic E-state index is 10.1. The van der Waals surface area contributed by atoms with Crippen molar-refractivity contribution in [1.82, 2.24) is 0 Å². The highest BCUT2D eigenvalue weighted by Gasteiger charge is 2.44. The molecule has 0 saturated carbocycles. The predicted molar refractivity (Wildman–Crippen MR) is 111 cm³/mol. The number of benzene rings is 2. The minimum Gasteiger partial charge on any atom is -0.197 e. The van der Waals surface area contributed by atoms with Gasteiger partial charge in [-0.15, -0.1) is 6.58 Å². The van der Waals surface area contributed by atoms with Crippen molar-refractivity contribution in [2.75, 3.05) is 0 Å². The Balaban J connectivity index is 2.34. The molecule has 0 N–H and O–H groups in total. The SMILES string of the molecule is C=C(C)CC(c1ccccc1)C(C#N)(C#N)C(C)/C=C/Cc1ccccc1. The fourth-order valence-corrected chi connectivity index (χ4v) is 3.45. The van der Waals surface area contributed by atoms with Gasteiger partial charge in [-0.1, -0.05) is 85.3 Å². The first-order valence-electron chi connectivity index (χ1n) is 9.26. The van der Waals surface area contributed by atoms with Crippen molar-refractivity contribution in [3.8, 4) is 12.1 Å². The molecule has 2 nitrogen and oxygen atoms in total. The normalized spacial score (nSPS) is 13.5. The lowest BCUT2D eigenvalue weighted by atomic mass is 9.64. The maximum absolute atomic E-state index is 10.1. The first kappa shape index (κ1) is 20.2. The standard InChI is InChI=1S/C25H26N2/c1-20(2)17-24(23-15-8-5-9-16-23)25(18-26,19-27)21(3)11-10-14-22-12-6-4-7-13-22/h4-13,15-16,21,24H,1,14,17H2,2-3H3/b11-10+. The summed E-state index contributed by atoms with van der Waals surface area (Å²) in [5, 5.41) is 20.1. The Morgan fingerprint density at radius 1 is 1.04 bits per heavy atom. The Bertz CT molecular complexity index is 837. The van der Waals surface area contributed by atoms with E-state index in [0.717, 1.165) is 17.6 Å². The molecule has 2 aromatic carbocycles. The van der Waals surface area contributed by atoms with E-state index in [1.54, 1.807) is 0 Å². The lowest BCUT2D eigenvalue weighted by molar-refractivity contribution is 0.324. The Labute approximate surface area is 163 Å². The quantitative estimate of drug-likeness (QED) is 0.529. The molecule has 0 fully saturated rings. The summed E-state index contributed by atoms with van der Waals surface area (Å²) in [5.74, 6) is -0.427. The van der Waals surface area contributed by atoms with E-state index >= 15 is 0 Å². The van der Waals surface area contributed by atoms with Gasteiger partial charge in [0.15, 0.2) is 5.41 Å². The van der Waals surface area contributed by atoms with Crippen LogP contribution in [0.3, 0.4) is 0 Å². The van der Waals surface area contributed by atoms with Crippen molar-refractivity contribution < 1.29 is 0 Å². The molecule has 27 heavy (non-hydrogen) atoms. The zero-order chi connectivity index (χ0) is 19.7. The van der Waals surface area contributed by atoms with E-state index in [9.17, 15) is 10.5 Å². The van der Waals surface area contributed by atoms with E-state index in [1.807, 2.05) is 68.5 Å². The fourth-order valence-electron chi connectivity index (χ4n) is 3.45. The summed E-state index contributed by atoms with van der Waals surface area (Å²) in [4.78, 5) is 0. The van der Waals surface area contributed by atoms with Gasteiger partial charge in [0, 0.05) is 11.8 Å². The minimum atomic E-state index is -1.15. The molecule has 2 atom stereocenters. The van der Waals surface area contributed by atoms with Gasteiger partial charge in [0.2, 0.25) is 0 Å². The summed E-state index contributed by atoms with van der Waals surface area (Å²) >= 11 is 0. The van der Waals surface area contributed by atoms with Crippen LogP contribution in [0.5, 0.6) is 0 Å². The first-order chi connectivity index (χ1) is 13.0. The molecule has 0 aliphatic heterocycles. The highest BCUT2D eigenvalue weighted by atomic mass is 14.5. The maximum Gasteiger partial charge on any atom is 0.156 e. The van der Waals surface area contributed by atoms with Crippen LogP contribution in [0.4, 0.5) is 0 Å². The number of allylic oxidation sites excluding steroid dienone is 3. The van der Waals surface area contributed by atoms with E-state index < -0.39 is 5.41 Å². The predicted octanol–water partition coefficient (Wildman–Crippen LogP) is 6.20. The van der Waals surface area contributed by atoms with Crippen molar-refractivity contribution in [2.45, 2.75) is 32.6 Å². The molecule has 0 spiro atoms. The summed E-state index contributed by atoms with van der Waals surface area (Å²) in [6, 6.07) is 24.8. The minimum absolute atomic E-state index is 0.208. The van der Waals surface area contributed by atoms with Crippen molar-refractivity contribution >= 4 is 0 Å². The second-order valence-electron chi connectivity index (χ2n) is 7.12. The van der Waals surface area contributed by atoms with Crippen LogP contribution in [0, 0.1) is 34.0 Å². The van der Waals surface area contributed by atoms with E-state index in [4.69, 9.17) is 0 Å². The highest BCUT2D eigenvalue weighted by Crippen LogP contribution is 2.45. The highest BCUT2D eigenvalue weighted by molar-refractivity contribution is 5.34. The van der Waals surface area contributed by atoms with Crippen LogP contribution in [0.1, 0.15) is 37.3 Å². The smallest absolute Gasteiger partial charge is 0.156 e. The van der Waals surface area contributed by atoms with Crippen LogP contribution < -0.4 is 0 Å². The third-order valence-corrected chi connectivity index (χ3v) is 5.01. The van der Waals surface area contributed by atoms with Crippen molar-refractivity contribution in [3.63, 3.8) is 0 Å². The summed E-state index contributed by atoms with van der Waals surface area (Å²) in [6.07, 6.45) is 5.47. The fraction of sp³-hybridized carbons (Fsp3) is 0.280. The lowest BCUT2D eigenvalue weighted by Crippen LogP contribution is -2.32. The molecule has 0 heterocycles. The van der Waals surface area contributed by atoms with E-state index in [0.29, 0.717) is 6.42 Å². The van der Waals surface area contributed by atoms with E-state index in [1.165, 1.54) is 5.56 Å². The van der Waals surface area contributed by atoms with Crippen LogP contribution >= 0.6 is 0 Å². The topological polar surface area (TPSA) is 47.6 Å². The zero-order valence-corrected chi connectivity index (χ0v) is 16.1. The molecule has 0 saturated heterocycles. The monoisotopic (exact) mass is 354 g/mol. The molecule has 2 aromatic rings. The average Bonchev–Trinajstić information content (AvgIpc) is 2.69. The van der Waals surface area contributed by atoms with Gasteiger partial charge in [0.25, 0.3) is 0 Å². The van der Waals surface area contributed by atoms with Gasteiger partial charge < -0.3 is 0 Å². The first-order valence-corrected chi connectivity index (χ1v) is 9.26. The van der Waals surface area contributed by atoms with Crippen LogP contribution in [-0.2, 0) is 6.42 Å². The third-order valence-electron chi connectivity index (χ3n) is 5.01. The second kappa shape index (κ2) is 9.56. The van der Waals surface area contributed by atoms with E-state index in [2.05, 4.69) is 36.9 Å². The number of hydrogen-bond donors (Lipinski definition) is 0. The van der Waals surface area contributed by atoms with Gasteiger partial charge in [-0.3, -0.25) is 0 Å². The number of hydrogen-bond acceptors (Lipinski definition) is 2. The van der Waals surface area contributed by atoms with Gasteiger partial charge in [-0.2, -0.15) is 10.5 Å². The van der Waals surface area contributed by atoms with Crippen molar-refractivity contribution in [1.29, 1.82) is 10.5 Å². The molecular weight excluding hydrogens is 328 g/mol. The number of nitriles is 2. The molecule has 2 rings (SSSR count). The summed E-state index contributed by atoms with van der Waals surface area (Å²) < 4.78 is 0. The van der Waals surface area contributed by atoms with Crippen LogP contribution in [0.15, 0.2) is 85.0 Å². The molecule has 0 aliphatic rings. The summed E-state index contributed by atoms with van der Waals surface area (Å²) in [5.41, 5.74) is 2.04.